The highest BCUT2D eigenvalue weighted by Crippen LogP contribution is 2.24. The van der Waals surface area contributed by atoms with Gasteiger partial charge in [0, 0.05) is 10.9 Å². The molecule has 1 aliphatic carbocycles. The summed E-state index contributed by atoms with van der Waals surface area (Å²) in [6, 6.07) is 4.88. The molecule has 1 aromatic carbocycles. The van der Waals surface area contributed by atoms with E-state index < -0.39 is 5.82 Å². The van der Waals surface area contributed by atoms with Crippen molar-refractivity contribution in [3.63, 3.8) is 0 Å². The fourth-order valence-corrected chi connectivity index (χ4v) is 2.79. The smallest absolute Gasteiger partial charge is 0.254 e. The molecular weight excluding hydrogens is 297 g/mol. The Morgan fingerprint density at radius 2 is 2.00 bits per heavy atom. The third-order valence-electron chi connectivity index (χ3n) is 3.36. The van der Waals surface area contributed by atoms with E-state index in [4.69, 9.17) is 0 Å². The van der Waals surface area contributed by atoms with Crippen LogP contribution in [0.15, 0.2) is 18.2 Å². The molecule has 1 saturated carbocycles. The molecule has 0 heterocycles. The second-order valence-electron chi connectivity index (χ2n) is 4.91. The van der Waals surface area contributed by atoms with Crippen LogP contribution in [0, 0.1) is 12.7 Å². The van der Waals surface area contributed by atoms with E-state index in [1.54, 1.807) is 12.1 Å². The van der Waals surface area contributed by atoms with Crippen LogP contribution in [0.2, 0.25) is 0 Å². The van der Waals surface area contributed by atoms with Crippen LogP contribution in [0.1, 0.15) is 41.6 Å². The molecule has 98 valence electrons. The lowest BCUT2D eigenvalue weighted by molar-refractivity contribution is 0.0924. The number of carbonyl (C=O) groups excluding carboxylic acids is 1. The van der Waals surface area contributed by atoms with E-state index in [-0.39, 0.29) is 17.5 Å². The zero-order chi connectivity index (χ0) is 13.1. The molecule has 0 unspecified atom stereocenters. The van der Waals surface area contributed by atoms with Crippen LogP contribution in [0.25, 0.3) is 0 Å². The van der Waals surface area contributed by atoms with Crippen molar-refractivity contribution in [3.8, 4) is 0 Å². The van der Waals surface area contributed by atoms with E-state index in [9.17, 15) is 9.18 Å². The SMILES string of the molecule is Cc1ccc(C(=O)NC2CCC(Br)CC2)c(F)c1. The fourth-order valence-electron chi connectivity index (χ4n) is 2.26. The molecule has 0 radical (unpaired) electrons. The Bertz CT molecular complexity index is 441. The molecule has 1 aliphatic rings. The van der Waals surface area contributed by atoms with Crippen molar-refractivity contribution in [2.45, 2.75) is 43.5 Å². The molecule has 0 atom stereocenters. The van der Waals surface area contributed by atoms with Gasteiger partial charge in [-0.1, -0.05) is 22.0 Å². The van der Waals surface area contributed by atoms with E-state index in [0.29, 0.717) is 4.83 Å². The number of hydrogen-bond acceptors (Lipinski definition) is 1. The Labute approximate surface area is 115 Å². The van der Waals surface area contributed by atoms with Gasteiger partial charge in [0.2, 0.25) is 0 Å². The summed E-state index contributed by atoms with van der Waals surface area (Å²) in [6.45, 7) is 1.81. The highest BCUT2D eigenvalue weighted by molar-refractivity contribution is 9.09. The van der Waals surface area contributed by atoms with Gasteiger partial charge < -0.3 is 5.32 Å². The largest absolute Gasteiger partial charge is 0.349 e. The summed E-state index contributed by atoms with van der Waals surface area (Å²) in [5, 5.41) is 2.92. The van der Waals surface area contributed by atoms with Crippen LogP contribution in [-0.4, -0.2) is 16.8 Å². The first kappa shape index (κ1) is 13.5. The first-order valence-corrected chi connectivity index (χ1v) is 7.19. The maximum Gasteiger partial charge on any atom is 0.254 e. The lowest BCUT2D eigenvalue weighted by Gasteiger charge is -2.26. The molecule has 1 aromatic rings. The summed E-state index contributed by atoms with van der Waals surface area (Å²) >= 11 is 3.57. The van der Waals surface area contributed by atoms with E-state index in [2.05, 4.69) is 21.2 Å². The molecule has 0 saturated heterocycles. The van der Waals surface area contributed by atoms with E-state index in [0.717, 1.165) is 31.2 Å². The van der Waals surface area contributed by atoms with Crippen LogP contribution in [0.3, 0.4) is 0 Å². The average Bonchev–Trinajstić information content (AvgIpc) is 2.32. The lowest BCUT2D eigenvalue weighted by Crippen LogP contribution is -2.38. The Hall–Kier alpha value is -0.900. The zero-order valence-electron chi connectivity index (χ0n) is 10.4. The number of benzene rings is 1. The standard InChI is InChI=1S/C14H17BrFNO/c1-9-2-7-12(13(16)8-9)14(18)17-11-5-3-10(15)4-6-11/h2,7-8,10-11H,3-6H2,1H3,(H,17,18). The second kappa shape index (κ2) is 5.83. The van der Waals surface area contributed by atoms with Gasteiger partial charge >= 0.3 is 0 Å². The Morgan fingerprint density at radius 3 is 2.61 bits per heavy atom. The number of aryl methyl sites for hydroxylation is 1. The first-order chi connectivity index (χ1) is 8.56. The van der Waals surface area contributed by atoms with Gasteiger partial charge in [-0.2, -0.15) is 0 Å². The molecule has 1 N–H and O–H groups in total. The molecule has 1 fully saturated rings. The molecule has 1 amide bonds. The number of carbonyl (C=O) groups is 1. The van der Waals surface area contributed by atoms with Gasteiger partial charge in [-0.05, 0) is 50.3 Å². The molecule has 2 rings (SSSR count). The maximum absolute atomic E-state index is 13.6. The lowest BCUT2D eigenvalue weighted by atomic mass is 9.95. The quantitative estimate of drug-likeness (QED) is 0.831. The summed E-state index contributed by atoms with van der Waals surface area (Å²) in [7, 11) is 0. The summed E-state index contributed by atoms with van der Waals surface area (Å²) in [4.78, 5) is 12.5. The molecule has 18 heavy (non-hydrogen) atoms. The van der Waals surface area contributed by atoms with Gasteiger partial charge in [-0.15, -0.1) is 0 Å². The summed E-state index contributed by atoms with van der Waals surface area (Å²) in [5.74, 6) is -0.743. The molecule has 2 nitrogen and oxygen atoms in total. The Balaban J connectivity index is 1.99. The van der Waals surface area contributed by atoms with Crippen molar-refractivity contribution >= 4 is 21.8 Å². The predicted octanol–water partition coefficient (Wildman–Crippen LogP) is 3.57. The highest BCUT2D eigenvalue weighted by atomic mass is 79.9. The van der Waals surface area contributed by atoms with E-state index in [1.165, 1.54) is 6.07 Å². The molecule has 0 bridgehead atoms. The minimum atomic E-state index is -0.443. The number of rotatable bonds is 2. The van der Waals surface area contributed by atoms with E-state index >= 15 is 0 Å². The van der Waals surface area contributed by atoms with Gasteiger partial charge in [0.15, 0.2) is 0 Å². The number of amides is 1. The number of nitrogens with one attached hydrogen (secondary N) is 1. The Morgan fingerprint density at radius 1 is 1.33 bits per heavy atom. The van der Waals surface area contributed by atoms with Crippen molar-refractivity contribution < 1.29 is 9.18 Å². The van der Waals surface area contributed by atoms with Crippen molar-refractivity contribution in [1.29, 1.82) is 0 Å². The van der Waals surface area contributed by atoms with Crippen LogP contribution in [-0.2, 0) is 0 Å². The van der Waals surface area contributed by atoms with Gasteiger partial charge in [0.1, 0.15) is 5.82 Å². The minimum Gasteiger partial charge on any atom is -0.349 e. The predicted molar refractivity (Wildman–Crippen MR) is 73.6 cm³/mol. The topological polar surface area (TPSA) is 29.1 Å². The zero-order valence-corrected chi connectivity index (χ0v) is 12.0. The third kappa shape index (κ3) is 3.31. The molecule has 0 aromatic heterocycles. The first-order valence-electron chi connectivity index (χ1n) is 6.27. The van der Waals surface area contributed by atoms with E-state index in [1.807, 2.05) is 6.92 Å². The van der Waals surface area contributed by atoms with Crippen molar-refractivity contribution in [2.24, 2.45) is 0 Å². The molecule has 0 aliphatic heterocycles. The van der Waals surface area contributed by atoms with Crippen LogP contribution >= 0.6 is 15.9 Å². The number of alkyl halides is 1. The summed E-state index contributed by atoms with van der Waals surface area (Å²) in [6.07, 6.45) is 4.02. The van der Waals surface area contributed by atoms with Crippen molar-refractivity contribution in [2.75, 3.05) is 0 Å². The van der Waals surface area contributed by atoms with Gasteiger partial charge in [0.25, 0.3) is 5.91 Å². The van der Waals surface area contributed by atoms with Gasteiger partial charge in [0.05, 0.1) is 5.56 Å². The number of halogens is 2. The molecule has 0 spiro atoms. The van der Waals surface area contributed by atoms with Crippen LogP contribution in [0.4, 0.5) is 4.39 Å². The number of hydrogen-bond donors (Lipinski definition) is 1. The normalized spacial score (nSPS) is 23.7. The Kier molecular flexibility index (Phi) is 4.38. The van der Waals surface area contributed by atoms with Gasteiger partial charge in [-0.25, -0.2) is 4.39 Å². The second-order valence-corrected chi connectivity index (χ2v) is 6.20. The maximum atomic E-state index is 13.6. The average molecular weight is 314 g/mol. The highest BCUT2D eigenvalue weighted by Gasteiger charge is 2.22. The molecular formula is C14H17BrFNO. The van der Waals surface area contributed by atoms with Crippen molar-refractivity contribution in [1.82, 2.24) is 5.32 Å². The monoisotopic (exact) mass is 313 g/mol. The third-order valence-corrected chi connectivity index (χ3v) is 4.28. The van der Waals surface area contributed by atoms with Crippen molar-refractivity contribution in [3.05, 3.63) is 35.1 Å². The molecule has 4 heteroatoms. The minimum absolute atomic E-state index is 0.140. The van der Waals surface area contributed by atoms with Crippen LogP contribution in [0.5, 0.6) is 0 Å². The fraction of sp³-hybridized carbons (Fsp3) is 0.500. The summed E-state index contributed by atoms with van der Waals surface area (Å²) in [5.41, 5.74) is 0.963. The van der Waals surface area contributed by atoms with Crippen LogP contribution < -0.4 is 5.32 Å². The summed E-state index contributed by atoms with van der Waals surface area (Å²) < 4.78 is 13.6. The van der Waals surface area contributed by atoms with Gasteiger partial charge in [-0.3, -0.25) is 4.79 Å².